The van der Waals surface area contributed by atoms with E-state index in [4.69, 9.17) is 4.74 Å². The zero-order chi connectivity index (χ0) is 12.1. The molecule has 100 valence electrons. The number of hydrogen-bond donors (Lipinski definition) is 1. The second kappa shape index (κ2) is 6.72. The quantitative estimate of drug-likeness (QED) is 0.686. The lowest BCUT2D eigenvalue weighted by atomic mass is 9.94. The van der Waals surface area contributed by atoms with Gasteiger partial charge in [0.2, 0.25) is 0 Å². The monoisotopic (exact) mass is 240 g/mol. The summed E-state index contributed by atoms with van der Waals surface area (Å²) in [4.78, 5) is 2.56. The van der Waals surface area contributed by atoms with Gasteiger partial charge in [-0.15, -0.1) is 0 Å². The Hall–Kier alpha value is -0.120. The molecule has 2 unspecified atom stereocenters. The van der Waals surface area contributed by atoms with E-state index in [1.54, 1.807) is 0 Å². The van der Waals surface area contributed by atoms with Crippen molar-refractivity contribution in [3.8, 4) is 0 Å². The molecule has 0 radical (unpaired) electrons. The second-order valence-corrected chi connectivity index (χ2v) is 5.75. The molecule has 17 heavy (non-hydrogen) atoms. The van der Waals surface area contributed by atoms with Gasteiger partial charge in [0.1, 0.15) is 0 Å². The van der Waals surface area contributed by atoms with Gasteiger partial charge in [0.05, 0.1) is 6.61 Å². The molecule has 1 heterocycles. The zero-order valence-corrected chi connectivity index (χ0v) is 11.5. The number of piperidine rings is 1. The number of rotatable bonds is 7. The Labute approximate surface area is 106 Å². The van der Waals surface area contributed by atoms with Crippen molar-refractivity contribution in [2.45, 2.75) is 39.2 Å². The average molecular weight is 240 g/mol. The second-order valence-electron chi connectivity index (χ2n) is 5.75. The van der Waals surface area contributed by atoms with Crippen LogP contribution in [-0.2, 0) is 4.74 Å². The Morgan fingerprint density at radius 2 is 2.12 bits per heavy atom. The van der Waals surface area contributed by atoms with E-state index in [2.05, 4.69) is 24.1 Å². The fraction of sp³-hybridized carbons (Fsp3) is 1.00. The number of nitrogens with one attached hydrogen (secondary N) is 1. The molecule has 0 spiro atoms. The first kappa shape index (κ1) is 13.3. The molecule has 1 saturated carbocycles. The van der Waals surface area contributed by atoms with E-state index in [0.717, 1.165) is 44.2 Å². The molecule has 2 aliphatic rings. The van der Waals surface area contributed by atoms with Gasteiger partial charge in [-0.25, -0.2) is 0 Å². The summed E-state index contributed by atoms with van der Waals surface area (Å²) in [5.41, 5.74) is 0. The Morgan fingerprint density at radius 1 is 1.29 bits per heavy atom. The summed E-state index contributed by atoms with van der Waals surface area (Å²) in [5.74, 6) is 1.67. The highest BCUT2D eigenvalue weighted by Gasteiger charge is 2.25. The van der Waals surface area contributed by atoms with Crippen LogP contribution in [0.3, 0.4) is 0 Å². The van der Waals surface area contributed by atoms with E-state index >= 15 is 0 Å². The van der Waals surface area contributed by atoms with Crippen LogP contribution >= 0.6 is 0 Å². The van der Waals surface area contributed by atoms with Gasteiger partial charge in [-0.05, 0) is 44.2 Å². The van der Waals surface area contributed by atoms with Crippen molar-refractivity contribution < 1.29 is 4.74 Å². The summed E-state index contributed by atoms with van der Waals surface area (Å²) < 4.78 is 5.71. The predicted octanol–water partition coefficient (Wildman–Crippen LogP) is 1.73. The minimum Gasteiger partial charge on any atom is -0.380 e. The maximum absolute atomic E-state index is 5.71. The van der Waals surface area contributed by atoms with E-state index in [0.29, 0.717) is 0 Å². The van der Waals surface area contributed by atoms with Gasteiger partial charge in [0.25, 0.3) is 0 Å². The van der Waals surface area contributed by atoms with Gasteiger partial charge in [-0.1, -0.05) is 13.8 Å². The molecule has 1 N–H and O–H groups in total. The molecule has 3 heteroatoms. The zero-order valence-electron chi connectivity index (χ0n) is 11.5. The molecule has 0 aromatic carbocycles. The SMILES string of the molecule is CCNC1CCN(CCOCC2CC2)CC1C. The van der Waals surface area contributed by atoms with Crippen LogP contribution in [0.25, 0.3) is 0 Å². The van der Waals surface area contributed by atoms with Crippen LogP contribution < -0.4 is 5.32 Å². The van der Waals surface area contributed by atoms with Crippen molar-refractivity contribution in [2.75, 3.05) is 39.4 Å². The third-order valence-electron chi connectivity index (χ3n) is 4.06. The summed E-state index contributed by atoms with van der Waals surface area (Å²) >= 11 is 0. The number of hydrogen-bond acceptors (Lipinski definition) is 3. The fourth-order valence-corrected chi connectivity index (χ4v) is 2.73. The minimum absolute atomic E-state index is 0.726. The smallest absolute Gasteiger partial charge is 0.0593 e. The number of likely N-dealkylation sites (tertiary alicyclic amines) is 1. The van der Waals surface area contributed by atoms with Crippen LogP contribution in [0, 0.1) is 11.8 Å². The summed E-state index contributed by atoms with van der Waals surface area (Å²) in [6, 6.07) is 0.726. The highest BCUT2D eigenvalue weighted by Crippen LogP contribution is 2.28. The number of nitrogens with zero attached hydrogens (tertiary/aromatic N) is 1. The van der Waals surface area contributed by atoms with Crippen molar-refractivity contribution in [3.63, 3.8) is 0 Å². The first-order chi connectivity index (χ1) is 8.29. The van der Waals surface area contributed by atoms with Gasteiger partial charge in [-0.3, -0.25) is 0 Å². The molecule has 1 aliphatic heterocycles. The molecule has 2 rings (SSSR count). The largest absolute Gasteiger partial charge is 0.380 e. The Bertz CT molecular complexity index is 218. The maximum atomic E-state index is 5.71. The van der Waals surface area contributed by atoms with Crippen molar-refractivity contribution >= 4 is 0 Å². The normalized spacial score (nSPS) is 30.7. The fourth-order valence-electron chi connectivity index (χ4n) is 2.73. The molecule has 1 saturated heterocycles. The molecule has 0 aromatic rings. The van der Waals surface area contributed by atoms with Crippen molar-refractivity contribution in [3.05, 3.63) is 0 Å². The lowest BCUT2D eigenvalue weighted by molar-refractivity contribution is 0.0734. The van der Waals surface area contributed by atoms with Gasteiger partial charge in [0.15, 0.2) is 0 Å². The summed E-state index contributed by atoms with van der Waals surface area (Å²) in [6.07, 6.45) is 4.08. The van der Waals surface area contributed by atoms with Gasteiger partial charge >= 0.3 is 0 Å². The van der Waals surface area contributed by atoms with E-state index in [9.17, 15) is 0 Å². The molecule has 0 aromatic heterocycles. The third kappa shape index (κ3) is 4.57. The van der Waals surface area contributed by atoms with E-state index in [1.165, 1.54) is 32.4 Å². The average Bonchev–Trinajstić information content (AvgIpc) is 3.12. The highest BCUT2D eigenvalue weighted by atomic mass is 16.5. The van der Waals surface area contributed by atoms with Crippen molar-refractivity contribution in [1.29, 1.82) is 0 Å². The number of ether oxygens (including phenoxy) is 1. The molecular formula is C14H28N2O. The Morgan fingerprint density at radius 3 is 2.76 bits per heavy atom. The summed E-state index contributed by atoms with van der Waals surface area (Å²) in [5, 5.41) is 3.59. The van der Waals surface area contributed by atoms with Crippen molar-refractivity contribution in [2.24, 2.45) is 11.8 Å². The molecule has 0 bridgehead atoms. The lowest BCUT2D eigenvalue weighted by Gasteiger charge is -2.37. The first-order valence-electron chi connectivity index (χ1n) is 7.33. The van der Waals surface area contributed by atoms with Crippen LogP contribution in [0.5, 0.6) is 0 Å². The highest BCUT2D eigenvalue weighted by molar-refractivity contribution is 4.82. The topological polar surface area (TPSA) is 24.5 Å². The molecule has 3 nitrogen and oxygen atoms in total. The lowest BCUT2D eigenvalue weighted by Crippen LogP contribution is -2.48. The van der Waals surface area contributed by atoms with Crippen LogP contribution in [0.2, 0.25) is 0 Å². The van der Waals surface area contributed by atoms with Crippen molar-refractivity contribution in [1.82, 2.24) is 10.2 Å². The van der Waals surface area contributed by atoms with Crippen LogP contribution in [0.15, 0.2) is 0 Å². The van der Waals surface area contributed by atoms with E-state index in [1.807, 2.05) is 0 Å². The van der Waals surface area contributed by atoms with E-state index in [-0.39, 0.29) is 0 Å². The standard InChI is InChI=1S/C14H28N2O/c1-3-15-14-6-7-16(10-12(14)2)8-9-17-11-13-4-5-13/h12-15H,3-11H2,1-2H3. The maximum Gasteiger partial charge on any atom is 0.0593 e. The third-order valence-corrected chi connectivity index (χ3v) is 4.06. The Balaban J connectivity index is 1.56. The van der Waals surface area contributed by atoms with Gasteiger partial charge in [0, 0.05) is 25.7 Å². The molecular weight excluding hydrogens is 212 g/mol. The molecule has 2 atom stereocenters. The predicted molar refractivity (Wildman–Crippen MR) is 71.2 cm³/mol. The van der Waals surface area contributed by atoms with E-state index < -0.39 is 0 Å². The van der Waals surface area contributed by atoms with Crippen LogP contribution in [0.4, 0.5) is 0 Å². The van der Waals surface area contributed by atoms with Crippen LogP contribution in [-0.4, -0.2) is 50.3 Å². The first-order valence-corrected chi connectivity index (χ1v) is 7.33. The molecule has 0 amide bonds. The molecule has 2 fully saturated rings. The van der Waals surface area contributed by atoms with Gasteiger partial charge in [-0.2, -0.15) is 0 Å². The van der Waals surface area contributed by atoms with Crippen LogP contribution in [0.1, 0.15) is 33.1 Å². The minimum atomic E-state index is 0.726. The Kier molecular flexibility index (Phi) is 5.26. The van der Waals surface area contributed by atoms with Gasteiger partial charge < -0.3 is 15.0 Å². The molecule has 1 aliphatic carbocycles. The summed E-state index contributed by atoms with van der Waals surface area (Å²) in [7, 11) is 0. The summed E-state index contributed by atoms with van der Waals surface area (Å²) in [6.45, 7) is 11.2.